The zero-order chi connectivity index (χ0) is 14.1. The van der Waals surface area contributed by atoms with Gasteiger partial charge in [-0.1, -0.05) is 27.2 Å². The van der Waals surface area contributed by atoms with Crippen LogP contribution in [0.4, 0.5) is 0 Å². The molecule has 18 heavy (non-hydrogen) atoms. The fraction of sp³-hybridized carbons (Fsp3) is 0.857. The van der Waals surface area contributed by atoms with Gasteiger partial charge in [0.25, 0.3) is 0 Å². The zero-order valence-corrected chi connectivity index (χ0v) is 12.2. The summed E-state index contributed by atoms with van der Waals surface area (Å²) < 4.78 is 10.4. The first-order valence-corrected chi connectivity index (χ1v) is 6.81. The van der Waals surface area contributed by atoms with E-state index in [0.717, 1.165) is 6.42 Å². The maximum absolute atomic E-state index is 12.4. The van der Waals surface area contributed by atoms with Crippen molar-refractivity contribution < 1.29 is 19.1 Å². The minimum absolute atomic E-state index is 0.0728. The first kappa shape index (κ1) is 17.1. The van der Waals surface area contributed by atoms with E-state index in [2.05, 4.69) is 0 Å². The van der Waals surface area contributed by atoms with Gasteiger partial charge in [0.2, 0.25) is 0 Å². The van der Waals surface area contributed by atoms with E-state index in [-0.39, 0.29) is 11.7 Å². The SMILES string of the molecule is CCCC(OCC)C(=O)C(C(=O)OCC)C(C)C. The summed E-state index contributed by atoms with van der Waals surface area (Å²) in [5, 5.41) is 0. The average molecular weight is 258 g/mol. The predicted molar refractivity (Wildman–Crippen MR) is 70.3 cm³/mol. The number of esters is 1. The highest BCUT2D eigenvalue weighted by Gasteiger charge is 2.35. The van der Waals surface area contributed by atoms with E-state index in [1.54, 1.807) is 6.92 Å². The first-order chi connectivity index (χ1) is 8.49. The second-order valence-corrected chi connectivity index (χ2v) is 4.61. The number of carbonyl (C=O) groups is 2. The van der Waals surface area contributed by atoms with Crippen molar-refractivity contribution in [2.75, 3.05) is 13.2 Å². The van der Waals surface area contributed by atoms with Gasteiger partial charge in [0.15, 0.2) is 5.78 Å². The number of rotatable bonds is 9. The Hall–Kier alpha value is -0.900. The molecule has 0 fully saturated rings. The summed E-state index contributed by atoms with van der Waals surface area (Å²) in [6.07, 6.45) is 1.01. The van der Waals surface area contributed by atoms with Crippen LogP contribution >= 0.6 is 0 Å². The largest absolute Gasteiger partial charge is 0.465 e. The van der Waals surface area contributed by atoms with Gasteiger partial charge < -0.3 is 9.47 Å². The summed E-state index contributed by atoms with van der Waals surface area (Å²) in [6.45, 7) is 10.1. The van der Waals surface area contributed by atoms with Crippen LogP contribution in [0.3, 0.4) is 0 Å². The van der Waals surface area contributed by atoms with Gasteiger partial charge in [0, 0.05) is 6.61 Å². The number of Topliss-reactive ketones (excluding diaryl/α,β-unsaturated/α-hetero) is 1. The Kier molecular flexibility index (Phi) is 8.63. The van der Waals surface area contributed by atoms with Crippen LogP contribution in [0, 0.1) is 11.8 Å². The third kappa shape index (κ3) is 5.17. The summed E-state index contributed by atoms with van der Waals surface area (Å²) in [5.74, 6) is -1.37. The van der Waals surface area contributed by atoms with Crippen molar-refractivity contribution in [3.8, 4) is 0 Å². The highest BCUT2D eigenvalue weighted by Crippen LogP contribution is 2.19. The molecule has 2 unspecified atom stereocenters. The van der Waals surface area contributed by atoms with E-state index in [1.807, 2.05) is 27.7 Å². The van der Waals surface area contributed by atoms with E-state index in [9.17, 15) is 9.59 Å². The van der Waals surface area contributed by atoms with Crippen LogP contribution < -0.4 is 0 Å². The Morgan fingerprint density at radius 2 is 1.67 bits per heavy atom. The van der Waals surface area contributed by atoms with Gasteiger partial charge in [0.05, 0.1) is 6.61 Å². The summed E-state index contributed by atoms with van der Waals surface area (Å²) in [7, 11) is 0. The molecule has 0 bridgehead atoms. The van der Waals surface area contributed by atoms with Gasteiger partial charge in [-0.2, -0.15) is 0 Å². The lowest BCUT2D eigenvalue weighted by atomic mass is 9.87. The minimum atomic E-state index is -0.715. The van der Waals surface area contributed by atoms with Gasteiger partial charge in [-0.3, -0.25) is 9.59 Å². The lowest BCUT2D eigenvalue weighted by molar-refractivity contribution is -0.157. The quantitative estimate of drug-likeness (QED) is 0.471. The fourth-order valence-electron chi connectivity index (χ4n) is 1.92. The zero-order valence-electron chi connectivity index (χ0n) is 12.2. The normalized spacial score (nSPS) is 14.3. The van der Waals surface area contributed by atoms with Crippen LogP contribution in [0.5, 0.6) is 0 Å². The molecule has 0 heterocycles. The van der Waals surface area contributed by atoms with E-state index in [1.165, 1.54) is 0 Å². The van der Waals surface area contributed by atoms with Crippen molar-refractivity contribution in [1.82, 2.24) is 0 Å². The second kappa shape index (κ2) is 9.09. The monoisotopic (exact) mass is 258 g/mol. The topological polar surface area (TPSA) is 52.6 Å². The third-order valence-corrected chi connectivity index (χ3v) is 2.75. The summed E-state index contributed by atoms with van der Waals surface area (Å²) in [5.41, 5.74) is 0. The van der Waals surface area contributed by atoms with Crippen LogP contribution in [-0.2, 0) is 19.1 Å². The Balaban J connectivity index is 4.86. The molecule has 0 saturated carbocycles. The summed E-state index contributed by atoms with van der Waals surface area (Å²) in [4.78, 5) is 24.2. The second-order valence-electron chi connectivity index (χ2n) is 4.61. The van der Waals surface area contributed by atoms with E-state index >= 15 is 0 Å². The number of hydrogen-bond donors (Lipinski definition) is 0. The molecule has 0 N–H and O–H groups in total. The maximum Gasteiger partial charge on any atom is 0.316 e. The van der Waals surface area contributed by atoms with Crippen molar-refractivity contribution in [1.29, 1.82) is 0 Å². The van der Waals surface area contributed by atoms with Crippen molar-refractivity contribution in [2.24, 2.45) is 11.8 Å². The molecule has 2 atom stereocenters. The number of hydrogen-bond acceptors (Lipinski definition) is 4. The summed E-state index contributed by atoms with van der Waals surface area (Å²) in [6, 6.07) is 0. The average Bonchev–Trinajstić information content (AvgIpc) is 2.28. The van der Waals surface area contributed by atoms with Crippen LogP contribution in [0.2, 0.25) is 0 Å². The fourth-order valence-corrected chi connectivity index (χ4v) is 1.92. The lowest BCUT2D eigenvalue weighted by Crippen LogP contribution is -2.39. The number of carbonyl (C=O) groups excluding carboxylic acids is 2. The van der Waals surface area contributed by atoms with Gasteiger partial charge in [-0.05, 0) is 26.2 Å². The van der Waals surface area contributed by atoms with Gasteiger partial charge >= 0.3 is 5.97 Å². The molecule has 0 aliphatic carbocycles. The molecule has 0 aromatic carbocycles. The van der Waals surface area contributed by atoms with Crippen LogP contribution in [-0.4, -0.2) is 31.1 Å². The van der Waals surface area contributed by atoms with Crippen LogP contribution in [0.25, 0.3) is 0 Å². The molecule has 0 aromatic heterocycles. The minimum Gasteiger partial charge on any atom is -0.465 e. The van der Waals surface area contributed by atoms with Crippen LogP contribution in [0.1, 0.15) is 47.5 Å². The molecule has 4 nitrogen and oxygen atoms in total. The van der Waals surface area contributed by atoms with Crippen molar-refractivity contribution in [3.05, 3.63) is 0 Å². The smallest absolute Gasteiger partial charge is 0.316 e. The molecular weight excluding hydrogens is 232 g/mol. The van der Waals surface area contributed by atoms with Gasteiger partial charge in [0.1, 0.15) is 12.0 Å². The molecule has 0 radical (unpaired) electrons. The molecule has 0 saturated heterocycles. The number of ether oxygens (including phenoxy) is 2. The highest BCUT2D eigenvalue weighted by molar-refractivity contribution is 6.01. The molecule has 106 valence electrons. The molecule has 0 rings (SSSR count). The van der Waals surface area contributed by atoms with E-state index in [4.69, 9.17) is 9.47 Å². The molecule has 0 aliphatic rings. The van der Waals surface area contributed by atoms with Gasteiger partial charge in [-0.15, -0.1) is 0 Å². The first-order valence-electron chi connectivity index (χ1n) is 6.81. The predicted octanol–water partition coefficient (Wildman–Crippen LogP) is 2.60. The Morgan fingerprint density at radius 1 is 1.06 bits per heavy atom. The Bertz CT molecular complexity index is 255. The molecule has 0 aromatic rings. The standard InChI is InChI=1S/C14H26O4/c1-6-9-11(17-7-2)13(15)12(10(4)5)14(16)18-8-3/h10-12H,6-9H2,1-5H3. The Labute approximate surface area is 110 Å². The van der Waals surface area contributed by atoms with Crippen LogP contribution in [0.15, 0.2) is 0 Å². The molecule has 0 aliphatic heterocycles. The maximum atomic E-state index is 12.4. The third-order valence-electron chi connectivity index (χ3n) is 2.75. The van der Waals surface area contributed by atoms with E-state index < -0.39 is 18.0 Å². The van der Waals surface area contributed by atoms with Crippen molar-refractivity contribution >= 4 is 11.8 Å². The van der Waals surface area contributed by atoms with Crippen molar-refractivity contribution in [3.63, 3.8) is 0 Å². The van der Waals surface area contributed by atoms with Gasteiger partial charge in [-0.25, -0.2) is 0 Å². The molecule has 0 spiro atoms. The molecule has 0 amide bonds. The molecular formula is C14H26O4. The lowest BCUT2D eigenvalue weighted by Gasteiger charge is -2.23. The Morgan fingerprint density at radius 3 is 2.06 bits per heavy atom. The molecule has 4 heteroatoms. The van der Waals surface area contributed by atoms with Crippen molar-refractivity contribution in [2.45, 2.75) is 53.6 Å². The number of ketones is 1. The highest BCUT2D eigenvalue weighted by atomic mass is 16.5. The summed E-state index contributed by atoms with van der Waals surface area (Å²) >= 11 is 0. The van der Waals surface area contributed by atoms with E-state index in [0.29, 0.717) is 19.6 Å².